The molecule has 0 saturated heterocycles. The maximum atomic E-state index is 12.2. The Balaban J connectivity index is 1.69. The summed E-state index contributed by atoms with van der Waals surface area (Å²) in [6.45, 7) is 4.02. The normalized spacial score (nSPS) is 11.4. The summed E-state index contributed by atoms with van der Waals surface area (Å²) in [7, 11) is 0. The molecule has 0 amide bonds. The van der Waals surface area contributed by atoms with Gasteiger partial charge in [-0.25, -0.2) is 4.98 Å². The highest BCUT2D eigenvalue weighted by Gasteiger charge is 2.12. The minimum Gasteiger partial charge on any atom is -0.867 e. The third kappa shape index (κ3) is 3.88. The van der Waals surface area contributed by atoms with Crippen molar-refractivity contribution in [2.24, 2.45) is 4.99 Å². The van der Waals surface area contributed by atoms with Gasteiger partial charge in [0.15, 0.2) is 5.58 Å². The predicted octanol–water partition coefficient (Wildman–Crippen LogP) is 5.50. The van der Waals surface area contributed by atoms with Gasteiger partial charge >= 0.3 is 0 Å². The number of aryl methyl sites for hydroxylation is 2. The van der Waals surface area contributed by atoms with Crippen molar-refractivity contribution < 1.29 is 14.4 Å². The first kappa shape index (κ1) is 19.6. The molecule has 8 heteroatoms. The molecule has 1 aromatic heterocycles. The van der Waals surface area contributed by atoms with Crippen LogP contribution in [0.4, 0.5) is 11.4 Å². The average Bonchev–Trinajstić information content (AvgIpc) is 3.11. The lowest BCUT2D eigenvalue weighted by molar-refractivity contribution is -0.398. The SMILES string of the molecule is Cc1cc(C)cc(-c2nc3cc(N=Cc4cc(Cl)cc([N+](=O)[O-])c4[O-])ccc3o2)c1. The summed E-state index contributed by atoms with van der Waals surface area (Å²) in [6.07, 6.45) is 1.26. The summed E-state index contributed by atoms with van der Waals surface area (Å²) in [5.74, 6) is -0.238. The molecule has 30 heavy (non-hydrogen) atoms. The Kier molecular flexibility index (Phi) is 4.97. The van der Waals surface area contributed by atoms with Crippen molar-refractivity contribution in [3.63, 3.8) is 0 Å². The highest BCUT2D eigenvalue weighted by atomic mass is 35.5. The van der Waals surface area contributed by atoms with Crippen molar-refractivity contribution in [3.05, 3.63) is 80.4 Å². The van der Waals surface area contributed by atoms with E-state index >= 15 is 0 Å². The van der Waals surface area contributed by atoms with Crippen LogP contribution >= 0.6 is 11.6 Å². The van der Waals surface area contributed by atoms with E-state index in [-0.39, 0.29) is 10.6 Å². The molecule has 4 aromatic rings. The van der Waals surface area contributed by atoms with Gasteiger partial charge < -0.3 is 9.52 Å². The van der Waals surface area contributed by atoms with Crippen LogP contribution in [0, 0.1) is 24.0 Å². The molecule has 0 aliphatic carbocycles. The maximum absolute atomic E-state index is 12.2. The van der Waals surface area contributed by atoms with E-state index in [4.69, 9.17) is 16.0 Å². The van der Waals surface area contributed by atoms with Gasteiger partial charge in [0.25, 0.3) is 5.69 Å². The number of fused-ring (bicyclic) bond motifs is 1. The van der Waals surface area contributed by atoms with Crippen molar-refractivity contribution in [1.82, 2.24) is 4.98 Å². The molecule has 0 aliphatic heterocycles. The number of aromatic nitrogens is 1. The van der Waals surface area contributed by atoms with Crippen LogP contribution in [-0.2, 0) is 0 Å². The Morgan fingerprint density at radius 1 is 1.10 bits per heavy atom. The van der Waals surface area contributed by atoms with Crippen LogP contribution in [0.1, 0.15) is 16.7 Å². The molecular weight excluding hydrogens is 406 g/mol. The minimum atomic E-state index is -0.762. The predicted molar refractivity (Wildman–Crippen MR) is 114 cm³/mol. The second-order valence-corrected chi connectivity index (χ2v) is 7.34. The van der Waals surface area contributed by atoms with Gasteiger partial charge in [-0.15, -0.1) is 0 Å². The summed E-state index contributed by atoms with van der Waals surface area (Å²) < 4.78 is 5.85. The van der Waals surface area contributed by atoms with Crippen molar-refractivity contribution in [2.45, 2.75) is 13.8 Å². The molecule has 3 aromatic carbocycles. The van der Waals surface area contributed by atoms with Gasteiger partial charge in [0.1, 0.15) is 5.52 Å². The van der Waals surface area contributed by atoms with E-state index in [2.05, 4.69) is 16.0 Å². The molecular formula is C22H15ClN3O4-. The maximum Gasteiger partial charge on any atom is 0.263 e. The van der Waals surface area contributed by atoms with Crippen LogP contribution in [0.25, 0.3) is 22.6 Å². The van der Waals surface area contributed by atoms with Gasteiger partial charge in [0, 0.05) is 22.9 Å². The second-order valence-electron chi connectivity index (χ2n) is 6.91. The first-order valence-electron chi connectivity index (χ1n) is 8.98. The van der Waals surface area contributed by atoms with E-state index in [1.807, 2.05) is 26.0 Å². The average molecular weight is 421 g/mol. The zero-order valence-corrected chi connectivity index (χ0v) is 16.8. The Labute approximate surface area is 176 Å². The van der Waals surface area contributed by atoms with Crippen LogP contribution in [0.2, 0.25) is 5.02 Å². The largest absolute Gasteiger partial charge is 0.867 e. The van der Waals surface area contributed by atoms with E-state index < -0.39 is 16.4 Å². The second kappa shape index (κ2) is 7.61. The highest BCUT2D eigenvalue weighted by Crippen LogP contribution is 2.31. The van der Waals surface area contributed by atoms with Crippen LogP contribution in [-0.4, -0.2) is 16.1 Å². The summed E-state index contributed by atoms with van der Waals surface area (Å²) >= 11 is 5.88. The number of benzene rings is 3. The van der Waals surface area contributed by atoms with Gasteiger partial charge in [0.2, 0.25) is 5.89 Å². The Morgan fingerprint density at radius 2 is 1.83 bits per heavy atom. The fraction of sp³-hybridized carbons (Fsp3) is 0.0909. The summed E-state index contributed by atoms with van der Waals surface area (Å²) in [4.78, 5) is 19.0. The highest BCUT2D eigenvalue weighted by molar-refractivity contribution is 6.31. The third-order valence-corrected chi connectivity index (χ3v) is 4.67. The molecule has 0 saturated carbocycles. The van der Waals surface area contributed by atoms with Gasteiger partial charge in [-0.05, 0) is 61.6 Å². The van der Waals surface area contributed by atoms with Crippen molar-refractivity contribution in [3.8, 4) is 17.2 Å². The fourth-order valence-corrected chi connectivity index (χ4v) is 3.41. The summed E-state index contributed by atoms with van der Waals surface area (Å²) in [5.41, 5.74) is 4.28. The zero-order chi connectivity index (χ0) is 21.4. The number of hydrogen-bond donors (Lipinski definition) is 0. The van der Waals surface area contributed by atoms with Crippen LogP contribution in [0.5, 0.6) is 5.75 Å². The number of oxazole rings is 1. The standard InChI is InChI=1S/C22H16ClN3O4/c1-12-5-13(2)7-14(6-12)22-25-18-10-17(3-4-20(18)30-22)24-11-15-8-16(23)9-19(21(15)27)26(28)29/h3-11,27H,1-2H3/p-1. The van der Waals surface area contributed by atoms with Crippen LogP contribution in [0.3, 0.4) is 0 Å². The minimum absolute atomic E-state index is 0.0328. The molecule has 1 heterocycles. The Hall–Kier alpha value is -3.71. The molecule has 0 fully saturated rings. The van der Waals surface area contributed by atoms with Gasteiger partial charge in [-0.3, -0.25) is 15.1 Å². The number of nitrogens with zero attached hydrogens (tertiary/aromatic N) is 3. The molecule has 0 radical (unpaired) electrons. The van der Waals surface area contributed by atoms with Crippen molar-refractivity contribution in [1.29, 1.82) is 0 Å². The third-order valence-electron chi connectivity index (χ3n) is 4.45. The van der Waals surface area contributed by atoms with E-state index in [0.29, 0.717) is 22.7 Å². The number of nitro benzene ring substituents is 1. The van der Waals surface area contributed by atoms with E-state index in [1.54, 1.807) is 18.2 Å². The monoisotopic (exact) mass is 420 g/mol. The number of aliphatic imine (C=N–C) groups is 1. The van der Waals surface area contributed by atoms with Crippen molar-refractivity contribution in [2.75, 3.05) is 0 Å². The van der Waals surface area contributed by atoms with Crippen molar-refractivity contribution >= 4 is 40.3 Å². The van der Waals surface area contributed by atoms with Gasteiger partial charge in [-0.1, -0.05) is 28.8 Å². The molecule has 0 N–H and O–H groups in total. The molecule has 0 unspecified atom stereocenters. The molecule has 150 valence electrons. The molecule has 0 aliphatic rings. The number of nitro groups is 1. The molecule has 7 nitrogen and oxygen atoms in total. The summed E-state index contributed by atoms with van der Waals surface area (Å²) in [6, 6.07) is 13.6. The molecule has 4 rings (SSSR count). The smallest absolute Gasteiger partial charge is 0.263 e. The Bertz CT molecular complexity index is 1310. The van der Waals surface area contributed by atoms with E-state index in [9.17, 15) is 15.2 Å². The topological polar surface area (TPSA) is 105 Å². The Morgan fingerprint density at radius 3 is 2.53 bits per heavy atom. The molecule has 0 atom stereocenters. The van der Waals surface area contributed by atoms with Crippen LogP contribution in [0.15, 0.2) is 57.9 Å². The first-order valence-corrected chi connectivity index (χ1v) is 9.36. The lowest BCUT2D eigenvalue weighted by atomic mass is 10.1. The van der Waals surface area contributed by atoms with Crippen LogP contribution < -0.4 is 5.11 Å². The lowest BCUT2D eigenvalue weighted by Gasteiger charge is -2.10. The number of hydrogen-bond acceptors (Lipinski definition) is 6. The number of rotatable bonds is 4. The van der Waals surface area contributed by atoms with Gasteiger partial charge in [0.05, 0.1) is 10.6 Å². The van der Waals surface area contributed by atoms with Gasteiger partial charge in [-0.2, -0.15) is 0 Å². The van der Waals surface area contributed by atoms with E-state index in [1.165, 1.54) is 12.3 Å². The summed E-state index contributed by atoms with van der Waals surface area (Å²) in [5, 5.41) is 23.3. The molecule has 0 bridgehead atoms. The lowest BCUT2D eigenvalue weighted by Crippen LogP contribution is -2.02. The quantitative estimate of drug-likeness (QED) is 0.246. The first-order chi connectivity index (χ1) is 14.3. The van der Waals surface area contributed by atoms with E-state index in [0.717, 1.165) is 22.8 Å². The fourth-order valence-electron chi connectivity index (χ4n) is 3.19. The zero-order valence-electron chi connectivity index (χ0n) is 16.0. The molecule has 0 spiro atoms. The number of halogens is 1.